The average molecular weight is 247 g/mol. The molecule has 17 heavy (non-hydrogen) atoms. The Kier molecular flexibility index (Phi) is 2.23. The molecule has 0 aromatic carbocycles. The van der Waals surface area contributed by atoms with Crippen LogP contribution in [0.3, 0.4) is 0 Å². The van der Waals surface area contributed by atoms with E-state index in [1.54, 1.807) is 0 Å². The number of nitrogens with one attached hydrogen (secondary N) is 1. The van der Waals surface area contributed by atoms with Crippen molar-refractivity contribution in [2.45, 2.75) is 24.5 Å². The van der Waals surface area contributed by atoms with Gasteiger partial charge in [-0.25, -0.2) is 4.79 Å². The van der Waals surface area contributed by atoms with Gasteiger partial charge < -0.3 is 20.1 Å². The lowest BCUT2D eigenvalue weighted by Crippen LogP contribution is -2.37. The summed E-state index contributed by atoms with van der Waals surface area (Å²) in [7, 11) is 0. The number of aromatic nitrogens is 2. The maximum Gasteiger partial charge on any atom is 0.330 e. The second kappa shape index (κ2) is 4.41. The first-order valence-corrected chi connectivity index (χ1v) is 4.69. The van der Waals surface area contributed by atoms with E-state index in [0.717, 1.165) is 6.20 Å². The molecule has 0 radical (unpaired) electrons. The summed E-state index contributed by atoms with van der Waals surface area (Å²) in [5.41, 5.74) is -1.94. The minimum absolute atomic E-state index is 0.578. The first kappa shape index (κ1) is 8.59. The van der Waals surface area contributed by atoms with Gasteiger partial charge in [-0.1, -0.05) is 0 Å². The summed E-state index contributed by atoms with van der Waals surface area (Å²) in [5.74, 6) is 0. The van der Waals surface area contributed by atoms with Gasteiger partial charge in [-0.05, 0) is 0 Å². The number of ether oxygens (including phenoxy) is 1. The summed E-state index contributed by atoms with van der Waals surface area (Å²) in [5, 5.41) is 28.6. The number of aromatic amines is 1. The van der Waals surface area contributed by atoms with Crippen LogP contribution >= 0.6 is 0 Å². The Balaban J connectivity index is 2.43. The van der Waals surface area contributed by atoms with Gasteiger partial charge in [0, 0.05) is 12.2 Å². The van der Waals surface area contributed by atoms with Gasteiger partial charge in [-0.2, -0.15) is 0 Å². The summed E-state index contributed by atoms with van der Waals surface area (Å²) in [4.78, 5) is 24.5. The Bertz CT molecular complexity index is 623. The molecule has 0 bridgehead atoms. The SMILES string of the molecule is [2H]c1cn([C@@H]2O[C@H](C([2H])([2H])O)[C@@H](O)[C@H]2O)c(=O)[nH]c1=O. The van der Waals surface area contributed by atoms with Crippen molar-refractivity contribution in [2.75, 3.05) is 6.56 Å². The van der Waals surface area contributed by atoms with Crippen LogP contribution in [0.5, 0.6) is 0 Å². The van der Waals surface area contributed by atoms with Gasteiger partial charge in [0.05, 0.1) is 10.7 Å². The molecular weight excluding hydrogens is 232 g/mol. The lowest BCUT2D eigenvalue weighted by Gasteiger charge is -2.16. The normalized spacial score (nSPS) is 36.3. The molecule has 1 aromatic heterocycles. The van der Waals surface area contributed by atoms with Crippen molar-refractivity contribution in [3.8, 4) is 0 Å². The zero-order chi connectivity index (χ0) is 15.2. The molecule has 8 nitrogen and oxygen atoms in total. The number of H-pyrrole nitrogens is 1. The van der Waals surface area contributed by atoms with Gasteiger partial charge in [0.2, 0.25) is 0 Å². The third kappa shape index (κ3) is 2.03. The fraction of sp³-hybridized carbons (Fsp3) is 0.556. The van der Waals surface area contributed by atoms with Crippen molar-refractivity contribution in [2.24, 2.45) is 0 Å². The average Bonchev–Trinajstić information content (AvgIpc) is 2.61. The Morgan fingerprint density at radius 1 is 1.53 bits per heavy atom. The molecule has 1 aliphatic rings. The molecule has 1 aromatic rings. The van der Waals surface area contributed by atoms with E-state index in [1.807, 2.05) is 4.98 Å². The van der Waals surface area contributed by atoms with Gasteiger partial charge >= 0.3 is 5.69 Å². The van der Waals surface area contributed by atoms with E-state index >= 15 is 0 Å². The van der Waals surface area contributed by atoms with Crippen LogP contribution in [0.4, 0.5) is 0 Å². The standard InChI is InChI=1S/C9H12N2O6/c12-3-4-6(14)7(15)8(17-4)11-2-1-5(13)10-9(11)16/h1-2,4,6-8,12,14-15H,3H2,(H,10,13,16)/t4-,6-,7-,8-/m1/s1/i1D,3D2. The highest BCUT2D eigenvalue weighted by atomic mass is 16.6. The summed E-state index contributed by atoms with van der Waals surface area (Å²) in [6, 6.07) is -0.578. The number of nitrogens with zero attached hydrogens (tertiary/aromatic N) is 1. The van der Waals surface area contributed by atoms with Crippen LogP contribution in [-0.4, -0.2) is 49.7 Å². The summed E-state index contributed by atoms with van der Waals surface area (Å²) in [6.45, 7) is -2.94. The van der Waals surface area contributed by atoms with Crippen LogP contribution in [0.1, 0.15) is 10.3 Å². The second-order valence-electron chi connectivity index (χ2n) is 3.50. The smallest absolute Gasteiger partial charge is 0.330 e. The predicted octanol–water partition coefficient (Wildman–Crippen LogP) is -2.85. The molecule has 0 aliphatic carbocycles. The number of aliphatic hydroxyl groups excluding tert-OH is 2. The number of rotatable bonds is 2. The van der Waals surface area contributed by atoms with Crippen molar-refractivity contribution in [3.05, 3.63) is 33.1 Å². The van der Waals surface area contributed by atoms with Gasteiger partial charge in [-0.3, -0.25) is 14.3 Å². The Morgan fingerprint density at radius 2 is 2.24 bits per heavy atom. The van der Waals surface area contributed by atoms with Crippen LogP contribution in [0.15, 0.2) is 21.8 Å². The predicted molar refractivity (Wildman–Crippen MR) is 54.3 cm³/mol. The Labute approximate surface area is 98.9 Å². The quantitative estimate of drug-likeness (QED) is 0.446. The molecule has 4 N–H and O–H groups in total. The van der Waals surface area contributed by atoms with Crippen LogP contribution in [-0.2, 0) is 4.74 Å². The molecule has 1 aliphatic heterocycles. The van der Waals surface area contributed by atoms with Crippen molar-refractivity contribution < 1.29 is 24.2 Å². The molecular formula is C9H12N2O6. The molecule has 0 saturated carbocycles. The Morgan fingerprint density at radius 3 is 2.82 bits per heavy atom. The summed E-state index contributed by atoms with van der Waals surface area (Å²) >= 11 is 0. The highest BCUT2D eigenvalue weighted by Crippen LogP contribution is 2.27. The summed E-state index contributed by atoms with van der Waals surface area (Å²) in [6.07, 6.45) is -6.03. The fourth-order valence-electron chi connectivity index (χ4n) is 1.57. The molecule has 8 heteroatoms. The van der Waals surface area contributed by atoms with Gasteiger partial charge in [0.15, 0.2) is 6.23 Å². The third-order valence-corrected chi connectivity index (χ3v) is 2.43. The lowest BCUT2D eigenvalue weighted by molar-refractivity contribution is -0.0550. The molecule has 1 saturated heterocycles. The largest absolute Gasteiger partial charge is 0.394 e. The first-order valence-electron chi connectivity index (χ1n) is 6.19. The molecule has 2 heterocycles. The van der Waals surface area contributed by atoms with Crippen molar-refractivity contribution >= 4 is 0 Å². The van der Waals surface area contributed by atoms with E-state index in [9.17, 15) is 24.9 Å². The minimum atomic E-state index is -2.94. The maximum atomic E-state index is 11.6. The van der Waals surface area contributed by atoms with Crippen molar-refractivity contribution in [1.29, 1.82) is 0 Å². The van der Waals surface area contributed by atoms with Crippen LogP contribution in [0, 0.1) is 0 Å². The number of hydrogen-bond donors (Lipinski definition) is 4. The second-order valence-corrected chi connectivity index (χ2v) is 3.50. The van der Waals surface area contributed by atoms with Gasteiger partial charge in [0.1, 0.15) is 18.3 Å². The number of aliphatic hydroxyl groups is 3. The molecule has 0 spiro atoms. The van der Waals surface area contributed by atoms with Gasteiger partial charge in [0.25, 0.3) is 5.56 Å². The van der Waals surface area contributed by atoms with E-state index in [0.29, 0.717) is 4.57 Å². The Hall–Kier alpha value is -1.48. The highest BCUT2D eigenvalue weighted by molar-refractivity contribution is 4.92. The zero-order valence-corrected chi connectivity index (χ0v) is 8.40. The lowest BCUT2D eigenvalue weighted by atomic mass is 10.1. The monoisotopic (exact) mass is 247 g/mol. The molecule has 4 atom stereocenters. The minimum Gasteiger partial charge on any atom is -0.394 e. The first-order chi connectivity index (χ1) is 9.12. The topological polar surface area (TPSA) is 125 Å². The molecule has 1 fully saturated rings. The third-order valence-electron chi connectivity index (χ3n) is 2.43. The van der Waals surface area contributed by atoms with Crippen LogP contribution in [0.2, 0.25) is 0 Å². The van der Waals surface area contributed by atoms with E-state index in [2.05, 4.69) is 0 Å². The molecule has 0 unspecified atom stereocenters. The summed E-state index contributed by atoms with van der Waals surface area (Å²) < 4.78 is 27.0. The fourth-order valence-corrected chi connectivity index (χ4v) is 1.57. The van der Waals surface area contributed by atoms with Gasteiger partial charge in [-0.15, -0.1) is 0 Å². The number of hydrogen-bond acceptors (Lipinski definition) is 6. The van der Waals surface area contributed by atoms with Crippen molar-refractivity contribution in [1.82, 2.24) is 9.55 Å². The maximum absolute atomic E-state index is 11.6. The van der Waals surface area contributed by atoms with Crippen LogP contribution < -0.4 is 11.2 Å². The van der Waals surface area contributed by atoms with Crippen molar-refractivity contribution in [3.63, 3.8) is 0 Å². The van der Waals surface area contributed by atoms with E-state index in [-0.39, 0.29) is 0 Å². The van der Waals surface area contributed by atoms with E-state index in [1.165, 1.54) is 0 Å². The van der Waals surface area contributed by atoms with E-state index < -0.39 is 48.4 Å². The van der Waals surface area contributed by atoms with E-state index in [4.69, 9.17) is 8.85 Å². The molecule has 94 valence electrons. The molecule has 2 rings (SSSR count). The highest BCUT2D eigenvalue weighted by Gasteiger charge is 2.43. The molecule has 0 amide bonds. The van der Waals surface area contributed by atoms with Crippen LogP contribution in [0.25, 0.3) is 0 Å². The zero-order valence-electron chi connectivity index (χ0n) is 11.4.